The third-order valence-electron chi connectivity index (χ3n) is 2.04. The highest BCUT2D eigenvalue weighted by Crippen LogP contribution is 2.18. The van der Waals surface area contributed by atoms with Gasteiger partial charge in [0.2, 0.25) is 0 Å². The largest absolute Gasteiger partial charge is 0.484 e. The van der Waals surface area contributed by atoms with E-state index in [4.69, 9.17) is 10.0 Å². The fraction of sp³-hybridized carbons (Fsp3) is 0.455. The molecule has 0 aromatic carbocycles. The minimum absolute atomic E-state index is 0.687. The third-order valence-corrected chi connectivity index (χ3v) is 2.04. The molecule has 0 aliphatic heterocycles. The first-order valence-corrected chi connectivity index (χ1v) is 5.12. The van der Waals surface area contributed by atoms with E-state index in [0.717, 1.165) is 24.8 Å². The molecule has 0 fully saturated rings. The summed E-state index contributed by atoms with van der Waals surface area (Å²) in [6.45, 7) is 7.67. The second kappa shape index (κ2) is 7.59. The van der Waals surface area contributed by atoms with Gasteiger partial charge in [0, 0.05) is 0 Å². The van der Waals surface area contributed by atoms with Gasteiger partial charge in [-0.15, -0.1) is 0 Å². The van der Waals surface area contributed by atoms with E-state index >= 15 is 0 Å². The standard InChI is InChI=1S/C9H13BO2.C2H6/c1-2-8-4-3-5-9(7-6-8)10(11)12;1-2/h2,6-7,11-12H,1,3-5H2;1-2H3. The number of allylic oxidation sites excluding steroid dienone is 5. The molecule has 0 heterocycles. The van der Waals surface area contributed by atoms with Crippen LogP contribution in [0, 0.1) is 0 Å². The molecule has 0 saturated heterocycles. The normalized spacial score (nSPS) is 15.4. The lowest BCUT2D eigenvalue weighted by Gasteiger charge is -2.01. The molecule has 0 atom stereocenters. The zero-order valence-electron chi connectivity index (χ0n) is 9.03. The Labute approximate surface area is 86.8 Å². The molecule has 2 N–H and O–H groups in total. The SMILES string of the molecule is C=CC1=CC=C(B(O)O)CCC1.CC. The van der Waals surface area contributed by atoms with Gasteiger partial charge in [-0.25, -0.2) is 0 Å². The first-order chi connectivity index (χ1) is 6.74. The molecule has 0 radical (unpaired) electrons. The summed E-state index contributed by atoms with van der Waals surface area (Å²) in [4.78, 5) is 0. The Morgan fingerprint density at radius 2 is 1.93 bits per heavy atom. The molecule has 0 spiro atoms. The van der Waals surface area contributed by atoms with Crippen molar-refractivity contribution in [3.63, 3.8) is 0 Å². The molecule has 2 nitrogen and oxygen atoms in total. The lowest BCUT2D eigenvalue weighted by Crippen LogP contribution is -2.14. The van der Waals surface area contributed by atoms with Crippen LogP contribution >= 0.6 is 0 Å². The molecule has 1 rings (SSSR count). The van der Waals surface area contributed by atoms with E-state index in [2.05, 4.69) is 6.58 Å². The molecule has 0 aromatic heterocycles. The van der Waals surface area contributed by atoms with Crippen molar-refractivity contribution in [3.8, 4) is 0 Å². The summed E-state index contributed by atoms with van der Waals surface area (Å²) in [7, 11) is -1.30. The van der Waals surface area contributed by atoms with Gasteiger partial charge in [0.05, 0.1) is 0 Å². The summed E-state index contributed by atoms with van der Waals surface area (Å²) in [5.74, 6) is 0. The van der Waals surface area contributed by atoms with Crippen molar-refractivity contribution in [2.75, 3.05) is 0 Å². The van der Waals surface area contributed by atoms with Crippen molar-refractivity contribution in [1.82, 2.24) is 0 Å². The van der Waals surface area contributed by atoms with Crippen molar-refractivity contribution < 1.29 is 10.0 Å². The van der Waals surface area contributed by atoms with Gasteiger partial charge in [0.15, 0.2) is 0 Å². The van der Waals surface area contributed by atoms with Crippen molar-refractivity contribution >= 4 is 7.12 Å². The first kappa shape index (κ1) is 13.2. The molecule has 0 saturated carbocycles. The first-order valence-electron chi connectivity index (χ1n) is 5.12. The van der Waals surface area contributed by atoms with Gasteiger partial charge in [-0.1, -0.05) is 38.7 Å². The van der Waals surface area contributed by atoms with E-state index in [1.54, 1.807) is 6.08 Å². The minimum atomic E-state index is -1.30. The molecular weight excluding hydrogens is 175 g/mol. The lowest BCUT2D eigenvalue weighted by molar-refractivity contribution is 0.416. The molecule has 0 aromatic rings. The van der Waals surface area contributed by atoms with Crippen LogP contribution in [0.3, 0.4) is 0 Å². The highest BCUT2D eigenvalue weighted by molar-refractivity contribution is 6.50. The Balaban J connectivity index is 0.000000791. The van der Waals surface area contributed by atoms with Crippen LogP contribution in [0.25, 0.3) is 0 Å². The van der Waals surface area contributed by atoms with Crippen molar-refractivity contribution in [2.45, 2.75) is 33.1 Å². The molecule has 0 bridgehead atoms. The zero-order chi connectivity index (χ0) is 11.0. The van der Waals surface area contributed by atoms with E-state index in [0.29, 0.717) is 5.47 Å². The second-order valence-electron chi connectivity index (χ2n) is 2.91. The van der Waals surface area contributed by atoms with Crippen LogP contribution < -0.4 is 0 Å². The maximum absolute atomic E-state index is 8.89. The molecule has 3 heteroatoms. The molecule has 1 aliphatic carbocycles. The Bertz CT molecular complexity index is 229. The molecule has 0 unspecified atom stereocenters. The quantitative estimate of drug-likeness (QED) is 0.662. The van der Waals surface area contributed by atoms with Crippen LogP contribution in [0.1, 0.15) is 33.1 Å². The number of hydrogen-bond acceptors (Lipinski definition) is 2. The lowest BCUT2D eigenvalue weighted by atomic mass is 9.77. The van der Waals surface area contributed by atoms with Crippen molar-refractivity contribution in [3.05, 3.63) is 35.9 Å². The Morgan fingerprint density at radius 3 is 2.43 bits per heavy atom. The van der Waals surface area contributed by atoms with Gasteiger partial charge in [-0.2, -0.15) is 0 Å². The van der Waals surface area contributed by atoms with Crippen LogP contribution in [-0.2, 0) is 0 Å². The van der Waals surface area contributed by atoms with Gasteiger partial charge < -0.3 is 10.0 Å². The van der Waals surface area contributed by atoms with Crippen LogP contribution in [0.5, 0.6) is 0 Å². The summed E-state index contributed by atoms with van der Waals surface area (Å²) < 4.78 is 0. The van der Waals surface area contributed by atoms with Crippen molar-refractivity contribution in [1.29, 1.82) is 0 Å². The maximum Gasteiger partial charge on any atom is 0.484 e. The summed E-state index contributed by atoms with van der Waals surface area (Å²) in [6, 6.07) is 0. The van der Waals surface area contributed by atoms with E-state index in [9.17, 15) is 0 Å². The van der Waals surface area contributed by atoms with Gasteiger partial charge in [0.1, 0.15) is 0 Å². The fourth-order valence-corrected chi connectivity index (χ4v) is 1.26. The fourth-order valence-electron chi connectivity index (χ4n) is 1.26. The minimum Gasteiger partial charge on any atom is -0.423 e. The highest BCUT2D eigenvalue weighted by atomic mass is 16.4. The average molecular weight is 194 g/mol. The number of hydrogen-bond donors (Lipinski definition) is 2. The molecule has 14 heavy (non-hydrogen) atoms. The van der Waals surface area contributed by atoms with Gasteiger partial charge in [-0.05, 0) is 30.3 Å². The van der Waals surface area contributed by atoms with E-state index in [-0.39, 0.29) is 0 Å². The van der Waals surface area contributed by atoms with E-state index in [1.807, 2.05) is 26.0 Å². The van der Waals surface area contributed by atoms with Crippen LogP contribution in [-0.4, -0.2) is 17.2 Å². The van der Waals surface area contributed by atoms with E-state index in [1.165, 1.54) is 0 Å². The second-order valence-corrected chi connectivity index (χ2v) is 2.91. The number of rotatable bonds is 2. The monoisotopic (exact) mass is 194 g/mol. The predicted molar refractivity (Wildman–Crippen MR) is 61.8 cm³/mol. The molecule has 0 amide bonds. The molecular formula is C11H19BO2. The summed E-state index contributed by atoms with van der Waals surface area (Å²) in [5, 5.41) is 17.8. The third kappa shape index (κ3) is 4.44. The summed E-state index contributed by atoms with van der Waals surface area (Å²) in [6.07, 6.45) is 8.16. The van der Waals surface area contributed by atoms with Crippen molar-refractivity contribution in [2.24, 2.45) is 0 Å². The Morgan fingerprint density at radius 1 is 1.29 bits per heavy atom. The summed E-state index contributed by atoms with van der Waals surface area (Å²) in [5.41, 5.74) is 1.84. The Hall–Kier alpha value is -0.795. The maximum atomic E-state index is 8.89. The van der Waals surface area contributed by atoms with Crippen LogP contribution in [0.2, 0.25) is 0 Å². The van der Waals surface area contributed by atoms with Gasteiger partial charge in [0.25, 0.3) is 0 Å². The zero-order valence-corrected chi connectivity index (χ0v) is 9.03. The predicted octanol–water partition coefficient (Wildman–Crippen LogP) is 2.25. The molecule has 1 aliphatic rings. The smallest absolute Gasteiger partial charge is 0.423 e. The topological polar surface area (TPSA) is 40.5 Å². The summed E-state index contributed by atoms with van der Waals surface area (Å²) >= 11 is 0. The van der Waals surface area contributed by atoms with Crippen LogP contribution in [0.4, 0.5) is 0 Å². The Kier molecular flexibility index (Phi) is 7.16. The average Bonchev–Trinajstić information content (AvgIpc) is 2.45. The van der Waals surface area contributed by atoms with E-state index < -0.39 is 7.12 Å². The van der Waals surface area contributed by atoms with Gasteiger partial charge in [-0.3, -0.25) is 0 Å². The molecule has 78 valence electrons. The van der Waals surface area contributed by atoms with Crippen LogP contribution in [0.15, 0.2) is 35.9 Å². The van der Waals surface area contributed by atoms with Gasteiger partial charge >= 0.3 is 7.12 Å². The highest BCUT2D eigenvalue weighted by Gasteiger charge is 2.14.